The highest BCUT2D eigenvalue weighted by Crippen LogP contribution is 2.29. The van der Waals surface area contributed by atoms with E-state index in [0.29, 0.717) is 5.69 Å². The number of aliphatic carboxylic acids is 1. The zero-order valence-electron chi connectivity index (χ0n) is 8.56. The minimum absolute atomic E-state index is 0.381. The van der Waals surface area contributed by atoms with Gasteiger partial charge in [0.2, 0.25) is 5.60 Å². The molecule has 0 bridgehead atoms. The average molecular weight is 197 g/mol. The number of carboxylic acid groups (broad SMARTS) is 1. The van der Waals surface area contributed by atoms with Crippen molar-refractivity contribution in [2.45, 2.75) is 19.4 Å². The molecule has 0 aliphatic heterocycles. The fourth-order valence-electron chi connectivity index (χ4n) is 1.51. The Labute approximate surface area is 82.8 Å². The first kappa shape index (κ1) is 10.8. The lowest BCUT2D eigenvalue weighted by Crippen LogP contribution is -2.42. The third kappa shape index (κ3) is 1.42. The zero-order valence-corrected chi connectivity index (χ0v) is 8.56. The molecule has 1 aromatic heterocycles. The Morgan fingerprint density at radius 1 is 1.57 bits per heavy atom. The molecule has 0 radical (unpaired) electrons. The summed E-state index contributed by atoms with van der Waals surface area (Å²) in [6.07, 6.45) is 1.71. The number of hydrogen-bond acceptors (Lipinski definition) is 2. The normalized spacial score (nSPS) is 15.5. The molecular weight excluding hydrogens is 182 g/mol. The smallest absolute Gasteiger partial charge is 0.342 e. The van der Waals surface area contributed by atoms with Crippen LogP contribution in [0.5, 0.6) is 0 Å². The molecule has 0 saturated carbocycles. The summed E-state index contributed by atoms with van der Waals surface area (Å²) in [5.74, 6) is -1.59. The first-order valence-electron chi connectivity index (χ1n) is 4.48. The van der Waals surface area contributed by atoms with Crippen molar-refractivity contribution in [3.05, 3.63) is 24.0 Å². The van der Waals surface area contributed by atoms with Crippen molar-refractivity contribution in [2.24, 2.45) is 13.0 Å². The van der Waals surface area contributed by atoms with Gasteiger partial charge in [-0.05, 0) is 18.1 Å². The van der Waals surface area contributed by atoms with Crippen molar-refractivity contribution in [1.82, 2.24) is 4.57 Å². The fraction of sp³-hybridized carbons (Fsp3) is 0.500. The Kier molecular flexibility index (Phi) is 2.66. The Balaban J connectivity index is 3.26. The Bertz CT molecular complexity index is 343. The van der Waals surface area contributed by atoms with Gasteiger partial charge < -0.3 is 14.8 Å². The molecule has 4 heteroatoms. The van der Waals surface area contributed by atoms with E-state index in [1.54, 1.807) is 43.8 Å². The van der Waals surface area contributed by atoms with E-state index in [4.69, 9.17) is 5.11 Å². The summed E-state index contributed by atoms with van der Waals surface area (Å²) in [4.78, 5) is 11.0. The molecule has 78 valence electrons. The number of aryl methyl sites for hydroxylation is 1. The van der Waals surface area contributed by atoms with Crippen molar-refractivity contribution >= 4 is 5.97 Å². The van der Waals surface area contributed by atoms with Crippen LogP contribution in [0, 0.1) is 5.92 Å². The van der Waals surface area contributed by atoms with Gasteiger partial charge in [0.1, 0.15) is 0 Å². The van der Waals surface area contributed by atoms with Crippen LogP contribution in [0.1, 0.15) is 19.5 Å². The molecule has 4 nitrogen and oxygen atoms in total. The molecule has 0 fully saturated rings. The maximum Gasteiger partial charge on any atom is 0.342 e. The molecule has 1 atom stereocenters. The molecule has 0 aliphatic rings. The number of rotatable bonds is 3. The quantitative estimate of drug-likeness (QED) is 0.758. The van der Waals surface area contributed by atoms with Gasteiger partial charge in [0.25, 0.3) is 0 Å². The minimum atomic E-state index is -1.81. The Morgan fingerprint density at radius 3 is 2.43 bits per heavy atom. The standard InChI is InChI=1S/C10H15NO3/c1-7(2)10(14,9(12)13)8-5-4-6-11(8)3/h4-7,14H,1-3H3,(H,12,13). The SMILES string of the molecule is CC(C)C(O)(C(=O)O)c1cccn1C. The summed E-state index contributed by atoms with van der Waals surface area (Å²) in [7, 11) is 1.71. The molecule has 1 heterocycles. The van der Waals surface area contributed by atoms with Gasteiger partial charge >= 0.3 is 5.97 Å². The predicted molar refractivity (Wildman–Crippen MR) is 51.8 cm³/mol. The fourth-order valence-corrected chi connectivity index (χ4v) is 1.51. The average Bonchev–Trinajstić information content (AvgIpc) is 2.49. The summed E-state index contributed by atoms with van der Waals surface area (Å²) >= 11 is 0. The van der Waals surface area contributed by atoms with Gasteiger partial charge in [-0.1, -0.05) is 13.8 Å². The van der Waals surface area contributed by atoms with Crippen LogP contribution in [-0.2, 0) is 17.4 Å². The van der Waals surface area contributed by atoms with E-state index in [2.05, 4.69) is 0 Å². The lowest BCUT2D eigenvalue weighted by atomic mass is 9.87. The molecule has 0 aromatic carbocycles. The monoisotopic (exact) mass is 197 g/mol. The summed E-state index contributed by atoms with van der Waals surface area (Å²) in [6.45, 7) is 3.36. The van der Waals surface area contributed by atoms with Crippen molar-refractivity contribution in [3.8, 4) is 0 Å². The number of nitrogens with zero attached hydrogens (tertiary/aromatic N) is 1. The topological polar surface area (TPSA) is 62.5 Å². The number of aliphatic hydroxyl groups is 1. The molecule has 14 heavy (non-hydrogen) atoms. The van der Waals surface area contributed by atoms with Gasteiger partial charge in [0.15, 0.2) is 0 Å². The van der Waals surface area contributed by atoms with Gasteiger partial charge in [-0.3, -0.25) is 0 Å². The third-order valence-electron chi connectivity index (χ3n) is 2.50. The van der Waals surface area contributed by atoms with Crippen molar-refractivity contribution in [1.29, 1.82) is 0 Å². The van der Waals surface area contributed by atoms with Crippen molar-refractivity contribution in [3.63, 3.8) is 0 Å². The lowest BCUT2D eigenvalue weighted by molar-refractivity contribution is -0.166. The summed E-state index contributed by atoms with van der Waals surface area (Å²) in [5, 5.41) is 19.1. The Morgan fingerprint density at radius 2 is 2.14 bits per heavy atom. The van der Waals surface area contributed by atoms with Crippen LogP contribution in [0.25, 0.3) is 0 Å². The van der Waals surface area contributed by atoms with Crippen LogP contribution in [0.2, 0.25) is 0 Å². The minimum Gasteiger partial charge on any atom is -0.479 e. The molecule has 0 saturated heterocycles. The molecule has 1 unspecified atom stereocenters. The van der Waals surface area contributed by atoms with Crippen molar-refractivity contribution in [2.75, 3.05) is 0 Å². The molecule has 0 amide bonds. The highest BCUT2D eigenvalue weighted by atomic mass is 16.4. The maximum absolute atomic E-state index is 11.0. The van der Waals surface area contributed by atoms with E-state index in [1.165, 1.54) is 0 Å². The van der Waals surface area contributed by atoms with Gasteiger partial charge in [0, 0.05) is 13.2 Å². The van der Waals surface area contributed by atoms with Crippen molar-refractivity contribution < 1.29 is 15.0 Å². The van der Waals surface area contributed by atoms with E-state index in [1.807, 2.05) is 0 Å². The summed E-state index contributed by atoms with van der Waals surface area (Å²) in [5.41, 5.74) is -1.40. The largest absolute Gasteiger partial charge is 0.479 e. The predicted octanol–water partition coefficient (Wildman–Crippen LogP) is 0.953. The number of carbonyl (C=O) groups is 1. The number of aromatic nitrogens is 1. The van der Waals surface area contributed by atoms with Crippen LogP contribution < -0.4 is 0 Å². The van der Waals surface area contributed by atoms with Crippen LogP contribution in [0.15, 0.2) is 18.3 Å². The lowest BCUT2D eigenvalue weighted by Gasteiger charge is -2.28. The van der Waals surface area contributed by atoms with Gasteiger partial charge in [-0.25, -0.2) is 4.79 Å². The van der Waals surface area contributed by atoms with Crippen LogP contribution >= 0.6 is 0 Å². The summed E-state index contributed by atoms with van der Waals surface area (Å²) < 4.78 is 1.62. The molecule has 0 aliphatic carbocycles. The number of hydrogen-bond donors (Lipinski definition) is 2. The molecule has 1 aromatic rings. The third-order valence-corrected chi connectivity index (χ3v) is 2.50. The summed E-state index contributed by atoms with van der Waals surface area (Å²) in [6, 6.07) is 3.33. The first-order chi connectivity index (χ1) is 6.40. The van der Waals surface area contributed by atoms with E-state index >= 15 is 0 Å². The second-order valence-electron chi connectivity index (χ2n) is 3.73. The molecular formula is C10H15NO3. The van der Waals surface area contributed by atoms with Gasteiger partial charge in [0.05, 0.1) is 5.69 Å². The van der Waals surface area contributed by atoms with E-state index in [0.717, 1.165) is 0 Å². The zero-order chi connectivity index (χ0) is 10.9. The highest BCUT2D eigenvalue weighted by molar-refractivity contribution is 5.78. The van der Waals surface area contributed by atoms with E-state index in [-0.39, 0.29) is 5.92 Å². The van der Waals surface area contributed by atoms with Crippen LogP contribution in [0.3, 0.4) is 0 Å². The second-order valence-corrected chi connectivity index (χ2v) is 3.73. The van der Waals surface area contributed by atoms with Gasteiger partial charge in [-0.15, -0.1) is 0 Å². The molecule has 0 spiro atoms. The maximum atomic E-state index is 11.0. The molecule has 1 rings (SSSR count). The van der Waals surface area contributed by atoms with Crippen LogP contribution in [0.4, 0.5) is 0 Å². The van der Waals surface area contributed by atoms with E-state index < -0.39 is 11.6 Å². The highest BCUT2D eigenvalue weighted by Gasteiger charge is 2.43. The number of carboxylic acids is 1. The van der Waals surface area contributed by atoms with Gasteiger partial charge in [-0.2, -0.15) is 0 Å². The Hall–Kier alpha value is -1.29. The second kappa shape index (κ2) is 3.46. The van der Waals surface area contributed by atoms with E-state index in [9.17, 15) is 9.90 Å². The first-order valence-corrected chi connectivity index (χ1v) is 4.48. The van der Waals surface area contributed by atoms with Crippen LogP contribution in [-0.4, -0.2) is 20.7 Å². The molecule has 2 N–H and O–H groups in total.